The normalized spacial score (nSPS) is 11.1. The molecule has 0 aromatic carbocycles. The summed E-state index contributed by atoms with van der Waals surface area (Å²) in [6.07, 6.45) is 4.28. The molecule has 134 valence electrons. The summed E-state index contributed by atoms with van der Waals surface area (Å²) in [4.78, 5) is 4.20. The standard InChI is InChI=1S/C15H33N3O3.HI/c1-4-20-11-7-5-9-17-15(16-2)18-10-6-8-12-21-14-13-19-3;/h4-14H2,1-3H3,(H2,16,17,18);1H. The summed E-state index contributed by atoms with van der Waals surface area (Å²) in [5.41, 5.74) is 0. The van der Waals surface area contributed by atoms with Crippen LogP contribution in [0, 0.1) is 0 Å². The first kappa shape index (κ1) is 24.1. The third-order valence-electron chi connectivity index (χ3n) is 2.88. The first-order valence-corrected chi connectivity index (χ1v) is 7.94. The molecule has 22 heavy (non-hydrogen) atoms. The van der Waals surface area contributed by atoms with Gasteiger partial charge >= 0.3 is 0 Å². The van der Waals surface area contributed by atoms with Crippen molar-refractivity contribution >= 4 is 29.9 Å². The van der Waals surface area contributed by atoms with Crippen LogP contribution in [-0.4, -0.2) is 66.2 Å². The minimum Gasteiger partial charge on any atom is -0.382 e. The molecule has 6 nitrogen and oxygen atoms in total. The first-order chi connectivity index (χ1) is 10.3. The number of unbranched alkanes of at least 4 members (excludes halogenated alkanes) is 2. The highest BCUT2D eigenvalue weighted by atomic mass is 127. The Balaban J connectivity index is 0. The molecule has 0 aliphatic rings. The maximum Gasteiger partial charge on any atom is 0.190 e. The number of nitrogens with zero attached hydrogens (tertiary/aromatic N) is 1. The van der Waals surface area contributed by atoms with Crippen LogP contribution in [0.15, 0.2) is 4.99 Å². The summed E-state index contributed by atoms with van der Waals surface area (Å²) >= 11 is 0. The van der Waals surface area contributed by atoms with E-state index in [9.17, 15) is 0 Å². The molecular weight excluding hydrogens is 397 g/mol. The minimum atomic E-state index is 0. The topological polar surface area (TPSA) is 64.1 Å². The number of ether oxygens (including phenoxy) is 3. The molecule has 0 aromatic heterocycles. The summed E-state index contributed by atoms with van der Waals surface area (Å²) in [6, 6.07) is 0. The SMILES string of the molecule is CCOCCCCNC(=NC)NCCCCOCCOC.I. The molecule has 0 atom stereocenters. The summed E-state index contributed by atoms with van der Waals surface area (Å²) < 4.78 is 15.6. The van der Waals surface area contributed by atoms with E-state index in [0.717, 1.165) is 64.6 Å². The Kier molecular flexibility index (Phi) is 22.9. The van der Waals surface area contributed by atoms with Crippen LogP contribution in [0.4, 0.5) is 0 Å². The van der Waals surface area contributed by atoms with Gasteiger partial charge in [-0.05, 0) is 32.6 Å². The lowest BCUT2D eigenvalue weighted by atomic mass is 10.3. The summed E-state index contributed by atoms with van der Waals surface area (Å²) in [6.45, 7) is 7.62. The predicted octanol–water partition coefficient (Wildman–Crippen LogP) is 2.03. The van der Waals surface area contributed by atoms with Crippen molar-refractivity contribution in [3.8, 4) is 0 Å². The molecule has 0 aromatic rings. The molecule has 0 unspecified atom stereocenters. The monoisotopic (exact) mass is 431 g/mol. The van der Waals surface area contributed by atoms with E-state index in [-0.39, 0.29) is 24.0 Å². The molecule has 0 bridgehead atoms. The third-order valence-corrected chi connectivity index (χ3v) is 2.88. The van der Waals surface area contributed by atoms with Crippen LogP contribution in [0.1, 0.15) is 32.6 Å². The van der Waals surface area contributed by atoms with Gasteiger partial charge in [0.05, 0.1) is 13.2 Å². The van der Waals surface area contributed by atoms with Gasteiger partial charge in [-0.1, -0.05) is 0 Å². The minimum absolute atomic E-state index is 0. The van der Waals surface area contributed by atoms with Crippen molar-refractivity contribution in [3.05, 3.63) is 0 Å². The second kappa shape index (κ2) is 20.9. The fourth-order valence-corrected chi connectivity index (χ4v) is 1.68. The molecule has 0 fully saturated rings. The number of halogens is 1. The van der Waals surface area contributed by atoms with E-state index in [0.29, 0.717) is 13.2 Å². The second-order valence-electron chi connectivity index (χ2n) is 4.64. The van der Waals surface area contributed by atoms with Crippen LogP contribution in [-0.2, 0) is 14.2 Å². The van der Waals surface area contributed by atoms with E-state index in [2.05, 4.69) is 15.6 Å². The Morgan fingerprint density at radius 1 is 0.864 bits per heavy atom. The van der Waals surface area contributed by atoms with Gasteiger partial charge in [0.25, 0.3) is 0 Å². The Morgan fingerprint density at radius 3 is 1.95 bits per heavy atom. The number of hydrogen-bond acceptors (Lipinski definition) is 4. The van der Waals surface area contributed by atoms with Crippen LogP contribution in [0.3, 0.4) is 0 Å². The lowest BCUT2D eigenvalue weighted by Gasteiger charge is -2.11. The molecule has 0 rings (SSSR count). The van der Waals surface area contributed by atoms with Crippen molar-refractivity contribution in [1.82, 2.24) is 10.6 Å². The van der Waals surface area contributed by atoms with Gasteiger partial charge < -0.3 is 24.8 Å². The number of rotatable bonds is 14. The fraction of sp³-hybridized carbons (Fsp3) is 0.933. The van der Waals surface area contributed by atoms with E-state index in [1.165, 1.54) is 0 Å². The number of nitrogens with one attached hydrogen (secondary N) is 2. The van der Waals surface area contributed by atoms with Gasteiger partial charge in [0.2, 0.25) is 0 Å². The van der Waals surface area contributed by atoms with Gasteiger partial charge in [0.1, 0.15) is 0 Å². The summed E-state index contributed by atoms with van der Waals surface area (Å²) in [5.74, 6) is 0.867. The summed E-state index contributed by atoms with van der Waals surface area (Å²) in [7, 11) is 3.48. The molecule has 2 N–H and O–H groups in total. The van der Waals surface area contributed by atoms with Gasteiger partial charge in [0.15, 0.2) is 5.96 Å². The molecule has 0 saturated heterocycles. The van der Waals surface area contributed by atoms with Crippen LogP contribution in [0.25, 0.3) is 0 Å². The van der Waals surface area contributed by atoms with Crippen molar-refractivity contribution in [2.75, 3.05) is 60.3 Å². The number of hydrogen-bond donors (Lipinski definition) is 2. The van der Waals surface area contributed by atoms with E-state index >= 15 is 0 Å². The summed E-state index contributed by atoms with van der Waals surface area (Å²) in [5, 5.41) is 6.60. The van der Waals surface area contributed by atoms with Crippen molar-refractivity contribution in [1.29, 1.82) is 0 Å². The molecule has 7 heteroatoms. The van der Waals surface area contributed by atoms with E-state index in [4.69, 9.17) is 14.2 Å². The van der Waals surface area contributed by atoms with Gasteiger partial charge in [-0.2, -0.15) is 0 Å². The smallest absolute Gasteiger partial charge is 0.190 e. The Labute approximate surface area is 152 Å². The van der Waals surface area contributed by atoms with E-state index in [1.54, 1.807) is 14.2 Å². The fourth-order valence-electron chi connectivity index (χ4n) is 1.68. The van der Waals surface area contributed by atoms with Crippen LogP contribution in [0.5, 0.6) is 0 Å². The Morgan fingerprint density at radius 2 is 1.45 bits per heavy atom. The molecule has 0 amide bonds. The van der Waals surface area contributed by atoms with Crippen molar-refractivity contribution in [2.24, 2.45) is 4.99 Å². The van der Waals surface area contributed by atoms with E-state index in [1.807, 2.05) is 6.92 Å². The van der Waals surface area contributed by atoms with Crippen LogP contribution >= 0.6 is 24.0 Å². The molecule has 0 radical (unpaired) electrons. The Hall–Kier alpha value is -0.120. The number of methoxy groups -OCH3 is 1. The highest BCUT2D eigenvalue weighted by Gasteiger charge is 1.97. The van der Waals surface area contributed by atoms with Crippen LogP contribution < -0.4 is 10.6 Å². The van der Waals surface area contributed by atoms with Crippen molar-refractivity contribution in [2.45, 2.75) is 32.6 Å². The van der Waals surface area contributed by atoms with Crippen LogP contribution in [0.2, 0.25) is 0 Å². The Bertz CT molecular complexity index is 244. The zero-order valence-corrected chi connectivity index (χ0v) is 16.7. The average Bonchev–Trinajstić information content (AvgIpc) is 2.51. The first-order valence-electron chi connectivity index (χ1n) is 7.94. The molecule has 0 aliphatic carbocycles. The van der Waals surface area contributed by atoms with Gasteiger partial charge in [-0.25, -0.2) is 0 Å². The maximum absolute atomic E-state index is 5.41. The second-order valence-corrected chi connectivity index (χ2v) is 4.64. The predicted molar refractivity (Wildman–Crippen MR) is 102 cm³/mol. The largest absolute Gasteiger partial charge is 0.382 e. The molecule has 0 spiro atoms. The van der Waals surface area contributed by atoms with Crippen molar-refractivity contribution in [3.63, 3.8) is 0 Å². The average molecular weight is 431 g/mol. The lowest BCUT2D eigenvalue weighted by Crippen LogP contribution is -2.38. The molecule has 0 saturated carbocycles. The number of aliphatic imine (C=N–C) groups is 1. The zero-order chi connectivity index (χ0) is 15.6. The molecule has 0 aliphatic heterocycles. The molecular formula is C15H34IN3O3. The molecule has 0 heterocycles. The van der Waals surface area contributed by atoms with E-state index < -0.39 is 0 Å². The maximum atomic E-state index is 5.41. The lowest BCUT2D eigenvalue weighted by molar-refractivity contribution is 0.0689. The van der Waals surface area contributed by atoms with Gasteiger partial charge in [0, 0.05) is 47.1 Å². The third kappa shape index (κ3) is 17.9. The zero-order valence-electron chi connectivity index (χ0n) is 14.4. The van der Waals surface area contributed by atoms with Gasteiger partial charge in [-0.3, -0.25) is 4.99 Å². The highest BCUT2D eigenvalue weighted by Crippen LogP contribution is 1.90. The highest BCUT2D eigenvalue weighted by molar-refractivity contribution is 14.0. The number of guanidine groups is 1. The quantitative estimate of drug-likeness (QED) is 0.191. The van der Waals surface area contributed by atoms with Crippen molar-refractivity contribution < 1.29 is 14.2 Å². The van der Waals surface area contributed by atoms with Gasteiger partial charge in [-0.15, -0.1) is 24.0 Å².